The fourth-order valence-corrected chi connectivity index (χ4v) is 2.11. The zero-order valence-corrected chi connectivity index (χ0v) is 13.1. The molecule has 8 heteroatoms. The summed E-state index contributed by atoms with van der Waals surface area (Å²) in [7, 11) is 3.14. The normalized spacial score (nSPS) is 11.4. The molecule has 0 bridgehead atoms. The highest BCUT2D eigenvalue weighted by molar-refractivity contribution is 5.76. The highest BCUT2D eigenvalue weighted by Crippen LogP contribution is 2.29. The summed E-state index contributed by atoms with van der Waals surface area (Å²) in [4.78, 5) is 15.8. The lowest BCUT2D eigenvalue weighted by Gasteiger charge is -2.18. The lowest BCUT2D eigenvalue weighted by Crippen LogP contribution is -2.30. The SMILES string of the molecule is COc1ccc(OC)c([C@H](C)NC(=O)Cn2cnc(C#N)n2)c1. The standard InChI is InChI=1S/C15H17N5O3/c1-10(12-6-11(22-2)4-5-13(12)23-3)18-15(21)8-20-9-17-14(7-16)19-20/h4-6,9-10H,8H2,1-3H3,(H,18,21)/t10-/m0/s1. The summed E-state index contributed by atoms with van der Waals surface area (Å²) < 4.78 is 11.8. The zero-order chi connectivity index (χ0) is 16.8. The van der Waals surface area contributed by atoms with E-state index in [0.717, 1.165) is 5.56 Å². The molecule has 0 fully saturated rings. The third-order valence-corrected chi connectivity index (χ3v) is 3.22. The second-order valence-corrected chi connectivity index (χ2v) is 4.77. The van der Waals surface area contributed by atoms with Crippen molar-refractivity contribution in [2.45, 2.75) is 19.5 Å². The summed E-state index contributed by atoms with van der Waals surface area (Å²) in [6.07, 6.45) is 1.34. The van der Waals surface area contributed by atoms with Gasteiger partial charge in [0.05, 0.1) is 20.3 Å². The molecule has 0 aliphatic rings. The van der Waals surface area contributed by atoms with Crippen molar-refractivity contribution in [3.8, 4) is 17.6 Å². The summed E-state index contributed by atoms with van der Waals surface area (Å²) in [5.74, 6) is 1.11. The molecule has 2 aromatic rings. The van der Waals surface area contributed by atoms with Crippen molar-refractivity contribution in [3.05, 3.63) is 35.9 Å². The van der Waals surface area contributed by atoms with Crippen LogP contribution in [-0.2, 0) is 11.3 Å². The molecular formula is C15H17N5O3. The van der Waals surface area contributed by atoms with E-state index in [1.165, 1.54) is 11.0 Å². The molecule has 2 rings (SSSR count). The molecule has 0 spiro atoms. The quantitative estimate of drug-likeness (QED) is 0.854. The Morgan fingerprint density at radius 3 is 2.83 bits per heavy atom. The van der Waals surface area contributed by atoms with E-state index in [1.54, 1.807) is 26.4 Å². The van der Waals surface area contributed by atoms with Crippen LogP contribution in [0.3, 0.4) is 0 Å². The van der Waals surface area contributed by atoms with Crippen molar-refractivity contribution < 1.29 is 14.3 Å². The first-order valence-corrected chi connectivity index (χ1v) is 6.88. The number of rotatable bonds is 6. The van der Waals surface area contributed by atoms with Crippen molar-refractivity contribution >= 4 is 5.91 Å². The number of aromatic nitrogens is 3. The first-order valence-electron chi connectivity index (χ1n) is 6.88. The highest BCUT2D eigenvalue weighted by atomic mass is 16.5. The van der Waals surface area contributed by atoms with Crippen molar-refractivity contribution in [2.24, 2.45) is 0 Å². The average molecular weight is 315 g/mol. The van der Waals surface area contributed by atoms with Gasteiger partial charge in [-0.3, -0.25) is 4.79 Å². The second-order valence-electron chi connectivity index (χ2n) is 4.77. The average Bonchev–Trinajstić information content (AvgIpc) is 3.01. The van der Waals surface area contributed by atoms with Gasteiger partial charge in [0, 0.05) is 5.56 Å². The number of ether oxygens (including phenoxy) is 2. The first kappa shape index (κ1) is 16.3. The molecule has 1 aromatic carbocycles. The van der Waals surface area contributed by atoms with Crippen LogP contribution in [0.5, 0.6) is 11.5 Å². The van der Waals surface area contributed by atoms with Gasteiger partial charge >= 0.3 is 0 Å². The summed E-state index contributed by atoms with van der Waals surface area (Å²) >= 11 is 0. The Balaban J connectivity index is 2.07. The monoisotopic (exact) mass is 315 g/mol. The second kappa shape index (κ2) is 7.26. The Morgan fingerprint density at radius 2 is 2.22 bits per heavy atom. The minimum atomic E-state index is -0.286. The Morgan fingerprint density at radius 1 is 1.43 bits per heavy atom. The molecule has 0 aliphatic heterocycles. The maximum atomic E-state index is 12.1. The van der Waals surface area contributed by atoms with E-state index in [0.29, 0.717) is 11.5 Å². The van der Waals surface area contributed by atoms with Crippen LogP contribution in [0.4, 0.5) is 0 Å². The van der Waals surface area contributed by atoms with Crippen molar-refractivity contribution in [2.75, 3.05) is 14.2 Å². The van der Waals surface area contributed by atoms with Gasteiger partial charge in [-0.05, 0) is 25.1 Å². The number of nitrogens with zero attached hydrogens (tertiary/aromatic N) is 4. The van der Waals surface area contributed by atoms with E-state index < -0.39 is 0 Å². The maximum absolute atomic E-state index is 12.1. The van der Waals surface area contributed by atoms with Crippen LogP contribution in [0.25, 0.3) is 0 Å². The van der Waals surface area contributed by atoms with Crippen molar-refractivity contribution in [1.82, 2.24) is 20.1 Å². The number of methoxy groups -OCH3 is 2. The van der Waals surface area contributed by atoms with E-state index in [9.17, 15) is 4.79 Å². The van der Waals surface area contributed by atoms with Gasteiger partial charge in [-0.1, -0.05) is 0 Å². The number of amides is 1. The van der Waals surface area contributed by atoms with E-state index in [1.807, 2.05) is 19.1 Å². The van der Waals surface area contributed by atoms with E-state index >= 15 is 0 Å². The number of hydrogen-bond donors (Lipinski definition) is 1. The fraction of sp³-hybridized carbons (Fsp3) is 0.333. The number of carbonyl (C=O) groups is 1. The third-order valence-electron chi connectivity index (χ3n) is 3.22. The van der Waals surface area contributed by atoms with Crippen LogP contribution in [-0.4, -0.2) is 34.9 Å². The highest BCUT2D eigenvalue weighted by Gasteiger charge is 2.16. The smallest absolute Gasteiger partial charge is 0.252 e. The van der Waals surface area contributed by atoms with Crippen molar-refractivity contribution in [3.63, 3.8) is 0 Å². The molecule has 8 nitrogen and oxygen atoms in total. The molecule has 0 aliphatic carbocycles. The van der Waals surface area contributed by atoms with Gasteiger partial charge in [0.15, 0.2) is 0 Å². The molecule has 120 valence electrons. The van der Waals surface area contributed by atoms with Crippen LogP contribution >= 0.6 is 0 Å². The first-order chi connectivity index (χ1) is 11.1. The summed E-state index contributed by atoms with van der Waals surface area (Å²) in [6.45, 7) is 1.82. The Labute approximate surface area is 133 Å². The van der Waals surface area contributed by atoms with Crippen LogP contribution in [0.1, 0.15) is 24.4 Å². The van der Waals surface area contributed by atoms with Crippen LogP contribution in [0.2, 0.25) is 0 Å². The van der Waals surface area contributed by atoms with Gasteiger partial charge in [0.1, 0.15) is 30.4 Å². The predicted molar refractivity (Wildman–Crippen MR) is 80.8 cm³/mol. The predicted octanol–water partition coefficient (Wildman–Crippen LogP) is 1.04. The summed E-state index contributed by atoms with van der Waals surface area (Å²) in [5, 5.41) is 15.4. The number of nitriles is 1. The molecule has 1 N–H and O–H groups in total. The molecule has 1 aromatic heterocycles. The van der Waals surface area contributed by atoms with Crippen LogP contribution in [0.15, 0.2) is 24.5 Å². The number of benzene rings is 1. The van der Waals surface area contributed by atoms with Crippen LogP contribution in [0, 0.1) is 11.3 Å². The Bertz CT molecular complexity index is 735. The summed E-state index contributed by atoms with van der Waals surface area (Å²) in [5.41, 5.74) is 0.802. The molecule has 1 heterocycles. The molecule has 1 amide bonds. The topological polar surface area (TPSA) is 102 Å². The zero-order valence-electron chi connectivity index (χ0n) is 13.1. The number of nitrogens with one attached hydrogen (secondary N) is 1. The lowest BCUT2D eigenvalue weighted by molar-refractivity contribution is -0.122. The van der Waals surface area contributed by atoms with Crippen LogP contribution < -0.4 is 14.8 Å². The minimum absolute atomic E-state index is 0.0225. The maximum Gasteiger partial charge on any atom is 0.252 e. The fourth-order valence-electron chi connectivity index (χ4n) is 2.11. The summed E-state index contributed by atoms with van der Waals surface area (Å²) in [6, 6.07) is 6.91. The van der Waals surface area contributed by atoms with Gasteiger partial charge in [-0.25, -0.2) is 9.67 Å². The van der Waals surface area contributed by atoms with Gasteiger partial charge < -0.3 is 14.8 Å². The van der Waals surface area contributed by atoms with Crippen molar-refractivity contribution in [1.29, 1.82) is 5.26 Å². The van der Waals surface area contributed by atoms with Gasteiger partial charge in [0.2, 0.25) is 5.91 Å². The lowest BCUT2D eigenvalue weighted by atomic mass is 10.1. The molecule has 0 saturated heterocycles. The van der Waals surface area contributed by atoms with Gasteiger partial charge in [-0.15, -0.1) is 5.10 Å². The Hall–Kier alpha value is -3.08. The van der Waals surface area contributed by atoms with Gasteiger partial charge in [-0.2, -0.15) is 5.26 Å². The molecular weight excluding hydrogens is 298 g/mol. The van der Waals surface area contributed by atoms with E-state index in [2.05, 4.69) is 15.4 Å². The largest absolute Gasteiger partial charge is 0.497 e. The molecule has 0 radical (unpaired) electrons. The third kappa shape index (κ3) is 3.97. The molecule has 1 atom stereocenters. The van der Waals surface area contributed by atoms with E-state index in [4.69, 9.17) is 14.7 Å². The molecule has 0 unspecified atom stereocenters. The molecule has 23 heavy (non-hydrogen) atoms. The van der Waals surface area contributed by atoms with Gasteiger partial charge in [0.25, 0.3) is 5.82 Å². The number of hydrogen-bond acceptors (Lipinski definition) is 6. The van der Waals surface area contributed by atoms with E-state index in [-0.39, 0.29) is 24.3 Å². The molecule has 0 saturated carbocycles. The number of carbonyl (C=O) groups excluding carboxylic acids is 1. The minimum Gasteiger partial charge on any atom is -0.497 e. The Kier molecular flexibility index (Phi) is 5.15.